The summed E-state index contributed by atoms with van der Waals surface area (Å²) in [4.78, 5) is 21.2. The molecule has 1 atom stereocenters. The molecule has 5 heteroatoms. The zero-order valence-electron chi connectivity index (χ0n) is 14.3. The number of likely N-dealkylation sites (tertiary alicyclic amines) is 2. The van der Waals surface area contributed by atoms with Crippen molar-refractivity contribution in [3.05, 3.63) is 30.1 Å². The van der Waals surface area contributed by atoms with Gasteiger partial charge in [0.05, 0.1) is 5.60 Å². The normalized spacial score (nSPS) is 27.5. The molecular formula is C19H27N3O2. The van der Waals surface area contributed by atoms with E-state index in [2.05, 4.69) is 9.88 Å². The van der Waals surface area contributed by atoms with Gasteiger partial charge in [-0.3, -0.25) is 9.78 Å². The van der Waals surface area contributed by atoms with Crippen LogP contribution >= 0.6 is 0 Å². The summed E-state index contributed by atoms with van der Waals surface area (Å²) < 4.78 is 6.26. The molecule has 0 radical (unpaired) electrons. The number of hydrogen-bond acceptors (Lipinski definition) is 4. The summed E-state index contributed by atoms with van der Waals surface area (Å²) in [5.41, 5.74) is 0.737. The number of amides is 1. The van der Waals surface area contributed by atoms with Crippen LogP contribution in [-0.2, 0) is 4.74 Å². The lowest BCUT2D eigenvalue weighted by atomic mass is 9.81. The molecule has 0 aromatic carbocycles. The molecule has 1 aromatic rings. The Morgan fingerprint density at radius 3 is 2.54 bits per heavy atom. The first kappa shape index (κ1) is 16.0. The second-order valence-electron chi connectivity index (χ2n) is 7.45. The predicted molar refractivity (Wildman–Crippen MR) is 91.9 cm³/mol. The van der Waals surface area contributed by atoms with E-state index in [4.69, 9.17) is 4.74 Å². The molecule has 4 rings (SSSR count). The minimum absolute atomic E-state index is 0.000526. The van der Waals surface area contributed by atoms with Crippen LogP contribution in [0.3, 0.4) is 0 Å². The third kappa shape index (κ3) is 3.20. The molecule has 1 unspecified atom stereocenters. The van der Waals surface area contributed by atoms with Crippen molar-refractivity contribution in [3.63, 3.8) is 0 Å². The van der Waals surface area contributed by atoms with Gasteiger partial charge in [-0.1, -0.05) is 0 Å². The maximum atomic E-state index is 12.6. The van der Waals surface area contributed by atoms with Crippen molar-refractivity contribution >= 4 is 5.91 Å². The Hall–Kier alpha value is -1.46. The Morgan fingerprint density at radius 2 is 1.83 bits per heavy atom. The van der Waals surface area contributed by atoms with Gasteiger partial charge >= 0.3 is 0 Å². The number of piperidine rings is 1. The van der Waals surface area contributed by atoms with E-state index in [1.165, 1.54) is 32.4 Å². The lowest BCUT2D eigenvalue weighted by Crippen LogP contribution is -2.54. The highest BCUT2D eigenvalue weighted by Crippen LogP contribution is 2.37. The quantitative estimate of drug-likeness (QED) is 0.835. The molecule has 1 amide bonds. The minimum Gasteiger partial charge on any atom is -0.375 e. The van der Waals surface area contributed by atoms with Crippen LogP contribution in [0.15, 0.2) is 24.5 Å². The molecule has 0 aliphatic carbocycles. The second kappa shape index (κ2) is 6.81. The van der Waals surface area contributed by atoms with Gasteiger partial charge < -0.3 is 14.5 Å². The zero-order chi connectivity index (χ0) is 16.4. The number of nitrogens with zero attached hydrogens (tertiary/aromatic N) is 3. The molecule has 4 heterocycles. The topological polar surface area (TPSA) is 45.7 Å². The summed E-state index contributed by atoms with van der Waals surface area (Å²) >= 11 is 0. The average Bonchev–Trinajstić information content (AvgIpc) is 3.17. The minimum atomic E-state index is 0.000526. The predicted octanol–water partition coefficient (Wildman–Crippen LogP) is 2.33. The third-order valence-corrected chi connectivity index (χ3v) is 6.01. The summed E-state index contributed by atoms with van der Waals surface area (Å²) in [6.07, 6.45) is 10.3. The van der Waals surface area contributed by atoms with Gasteiger partial charge in [-0.25, -0.2) is 0 Å². The monoisotopic (exact) mass is 329 g/mol. The van der Waals surface area contributed by atoms with Crippen LogP contribution in [0.5, 0.6) is 0 Å². The van der Waals surface area contributed by atoms with Crippen molar-refractivity contribution in [1.82, 2.24) is 14.8 Å². The van der Waals surface area contributed by atoms with Gasteiger partial charge in [0.15, 0.2) is 0 Å². The summed E-state index contributed by atoms with van der Waals surface area (Å²) in [5.74, 6) is 0.124. The lowest BCUT2D eigenvalue weighted by Gasteiger charge is -2.48. The fourth-order valence-electron chi connectivity index (χ4n) is 4.56. The van der Waals surface area contributed by atoms with Crippen molar-refractivity contribution in [2.45, 2.75) is 50.2 Å². The largest absolute Gasteiger partial charge is 0.375 e. The van der Waals surface area contributed by atoms with Crippen molar-refractivity contribution in [3.8, 4) is 0 Å². The first-order valence-corrected chi connectivity index (χ1v) is 9.33. The maximum absolute atomic E-state index is 12.6. The highest BCUT2D eigenvalue weighted by molar-refractivity contribution is 5.94. The van der Waals surface area contributed by atoms with E-state index in [1.807, 2.05) is 4.90 Å². The molecule has 0 bridgehead atoms. The van der Waals surface area contributed by atoms with Crippen LogP contribution in [0.2, 0.25) is 0 Å². The first-order chi connectivity index (χ1) is 11.8. The second-order valence-corrected chi connectivity index (χ2v) is 7.45. The summed E-state index contributed by atoms with van der Waals surface area (Å²) in [5, 5.41) is 0. The van der Waals surface area contributed by atoms with Crippen LogP contribution < -0.4 is 0 Å². The molecular weight excluding hydrogens is 302 g/mol. The van der Waals surface area contributed by atoms with Gasteiger partial charge in [0.1, 0.15) is 0 Å². The van der Waals surface area contributed by atoms with Crippen molar-refractivity contribution in [2.75, 3.05) is 32.8 Å². The van der Waals surface area contributed by atoms with Gasteiger partial charge in [-0.2, -0.15) is 0 Å². The number of carbonyl (C=O) groups is 1. The third-order valence-electron chi connectivity index (χ3n) is 6.01. The zero-order valence-corrected chi connectivity index (χ0v) is 14.3. The van der Waals surface area contributed by atoms with E-state index in [0.717, 1.165) is 44.5 Å². The molecule has 3 saturated heterocycles. The van der Waals surface area contributed by atoms with Crippen molar-refractivity contribution < 1.29 is 9.53 Å². The highest BCUT2D eigenvalue weighted by atomic mass is 16.5. The molecule has 3 aliphatic rings. The van der Waals surface area contributed by atoms with E-state index in [9.17, 15) is 4.79 Å². The fourth-order valence-corrected chi connectivity index (χ4v) is 4.56. The van der Waals surface area contributed by atoms with E-state index >= 15 is 0 Å². The lowest BCUT2D eigenvalue weighted by molar-refractivity contribution is -0.128. The summed E-state index contributed by atoms with van der Waals surface area (Å²) in [6.45, 7) is 4.99. The number of pyridine rings is 1. The van der Waals surface area contributed by atoms with E-state index < -0.39 is 0 Å². The smallest absolute Gasteiger partial charge is 0.253 e. The summed E-state index contributed by atoms with van der Waals surface area (Å²) in [7, 11) is 0. The fraction of sp³-hybridized carbons (Fsp3) is 0.684. The number of rotatable bonds is 2. The van der Waals surface area contributed by atoms with Crippen molar-refractivity contribution in [1.29, 1.82) is 0 Å². The van der Waals surface area contributed by atoms with E-state index in [1.54, 1.807) is 24.5 Å². The number of aromatic nitrogens is 1. The Balaban J connectivity index is 1.37. The van der Waals surface area contributed by atoms with Crippen LogP contribution in [0.4, 0.5) is 0 Å². The van der Waals surface area contributed by atoms with Gasteiger partial charge in [0.2, 0.25) is 0 Å². The maximum Gasteiger partial charge on any atom is 0.253 e. The van der Waals surface area contributed by atoms with Gasteiger partial charge in [-0.15, -0.1) is 0 Å². The molecule has 5 nitrogen and oxygen atoms in total. The molecule has 0 saturated carbocycles. The summed E-state index contributed by atoms with van der Waals surface area (Å²) in [6, 6.07) is 4.28. The first-order valence-electron chi connectivity index (χ1n) is 9.33. The molecule has 3 fully saturated rings. The average molecular weight is 329 g/mol. The molecule has 1 aromatic heterocycles. The Kier molecular flexibility index (Phi) is 4.55. The molecule has 3 aliphatic heterocycles. The number of carbonyl (C=O) groups excluding carboxylic acids is 1. The van der Waals surface area contributed by atoms with E-state index in [-0.39, 0.29) is 11.5 Å². The van der Waals surface area contributed by atoms with Crippen LogP contribution in [-0.4, -0.2) is 65.1 Å². The van der Waals surface area contributed by atoms with Gasteiger partial charge in [-0.05, 0) is 63.7 Å². The molecule has 0 N–H and O–H groups in total. The Morgan fingerprint density at radius 1 is 1.12 bits per heavy atom. The molecule has 130 valence electrons. The van der Waals surface area contributed by atoms with Gasteiger partial charge in [0, 0.05) is 43.7 Å². The Labute approximate surface area is 144 Å². The SMILES string of the molecule is O=C(c1ccncc1)N1CCC2(CC1)CC(N1CCCC1)CCO2. The van der Waals surface area contributed by atoms with E-state index in [0.29, 0.717) is 6.04 Å². The highest BCUT2D eigenvalue weighted by Gasteiger charge is 2.42. The van der Waals surface area contributed by atoms with Gasteiger partial charge in [0.25, 0.3) is 5.91 Å². The van der Waals surface area contributed by atoms with Crippen LogP contribution in [0.1, 0.15) is 48.9 Å². The molecule has 1 spiro atoms. The Bertz CT molecular complexity index is 563. The van der Waals surface area contributed by atoms with Crippen LogP contribution in [0, 0.1) is 0 Å². The van der Waals surface area contributed by atoms with Crippen molar-refractivity contribution in [2.24, 2.45) is 0 Å². The van der Waals surface area contributed by atoms with Crippen LogP contribution in [0.25, 0.3) is 0 Å². The number of ether oxygens (including phenoxy) is 1. The molecule has 24 heavy (non-hydrogen) atoms. The number of hydrogen-bond donors (Lipinski definition) is 0. The standard InChI is InChI=1S/C19H27N3O2/c23-18(16-3-8-20-9-4-16)22-12-6-19(7-13-22)15-17(5-14-24-19)21-10-1-2-11-21/h3-4,8-9,17H,1-2,5-7,10-15H2.